The van der Waals surface area contributed by atoms with E-state index >= 15 is 0 Å². The van der Waals surface area contributed by atoms with Gasteiger partial charge < -0.3 is 15.2 Å². The summed E-state index contributed by atoms with van der Waals surface area (Å²) < 4.78 is 5.43. The van der Waals surface area contributed by atoms with E-state index in [0.717, 1.165) is 11.8 Å². The number of rotatable bonds is 9. The fourth-order valence-electron chi connectivity index (χ4n) is 2.25. The second-order valence-electron chi connectivity index (χ2n) is 5.76. The quantitative estimate of drug-likeness (QED) is 0.392. The zero-order chi connectivity index (χ0) is 19.8. The predicted molar refractivity (Wildman–Crippen MR) is 95.6 cm³/mol. The number of aromatic nitrogens is 1. The molecular formula is C18H19N3O6. The van der Waals surface area contributed by atoms with Crippen molar-refractivity contribution in [3.05, 3.63) is 63.5 Å². The molecular weight excluding hydrogens is 354 g/mol. The first-order chi connectivity index (χ1) is 12.9. The Morgan fingerprint density at radius 2 is 2.00 bits per heavy atom. The fourth-order valence-corrected chi connectivity index (χ4v) is 2.25. The van der Waals surface area contributed by atoms with Gasteiger partial charge in [-0.05, 0) is 31.0 Å². The number of benzene rings is 1. The van der Waals surface area contributed by atoms with Crippen LogP contribution in [0.25, 0.3) is 0 Å². The number of aryl methyl sites for hydroxylation is 1. The molecule has 2 rings (SSSR count). The topological polar surface area (TPSA) is 132 Å². The number of hydrogen-bond acceptors (Lipinski definition) is 6. The van der Waals surface area contributed by atoms with Gasteiger partial charge in [0.25, 0.3) is 11.6 Å². The molecule has 0 unspecified atom stereocenters. The van der Waals surface area contributed by atoms with Crippen LogP contribution in [0, 0.1) is 17.0 Å². The Morgan fingerprint density at radius 3 is 2.63 bits per heavy atom. The van der Waals surface area contributed by atoms with E-state index in [4.69, 9.17) is 9.84 Å². The highest BCUT2D eigenvalue weighted by molar-refractivity contribution is 5.95. The van der Waals surface area contributed by atoms with Gasteiger partial charge in [-0.15, -0.1) is 0 Å². The summed E-state index contributed by atoms with van der Waals surface area (Å²) >= 11 is 0. The third-order valence-corrected chi connectivity index (χ3v) is 3.71. The van der Waals surface area contributed by atoms with Gasteiger partial charge in [0, 0.05) is 19.0 Å². The molecule has 0 radical (unpaired) electrons. The molecule has 1 heterocycles. The maximum absolute atomic E-state index is 12.3. The molecule has 0 bridgehead atoms. The minimum absolute atomic E-state index is 0.0516. The van der Waals surface area contributed by atoms with Crippen LogP contribution < -0.4 is 10.1 Å². The summed E-state index contributed by atoms with van der Waals surface area (Å²) in [6, 6.07) is 8.19. The zero-order valence-corrected chi connectivity index (χ0v) is 14.7. The number of ether oxygens (including phenoxy) is 1. The van der Waals surface area contributed by atoms with Crippen molar-refractivity contribution >= 4 is 17.6 Å². The lowest BCUT2D eigenvalue weighted by molar-refractivity contribution is -0.385. The minimum Gasteiger partial charge on any atom is -0.494 e. The lowest BCUT2D eigenvalue weighted by Crippen LogP contribution is -2.24. The van der Waals surface area contributed by atoms with Gasteiger partial charge in [0.1, 0.15) is 11.9 Å². The largest absolute Gasteiger partial charge is 0.494 e. The number of nitrogens with one attached hydrogen (secondary N) is 1. The molecule has 1 amide bonds. The molecule has 0 atom stereocenters. The first-order valence-electron chi connectivity index (χ1n) is 8.19. The Bertz CT molecular complexity index is 835. The summed E-state index contributed by atoms with van der Waals surface area (Å²) in [7, 11) is 0. The minimum atomic E-state index is -0.862. The molecule has 9 nitrogen and oxygen atoms in total. The lowest BCUT2D eigenvalue weighted by Gasteiger charge is -2.09. The molecule has 9 heteroatoms. The SMILES string of the molecule is Cc1ncc([N+](=O)[O-])cc1C(=O)NCc1ccc(OCCCC(=O)O)cc1. The summed E-state index contributed by atoms with van der Waals surface area (Å²) in [6.45, 7) is 2.15. The van der Waals surface area contributed by atoms with Gasteiger partial charge >= 0.3 is 5.97 Å². The highest BCUT2D eigenvalue weighted by Gasteiger charge is 2.15. The first-order valence-corrected chi connectivity index (χ1v) is 8.19. The number of carboxylic acid groups (broad SMARTS) is 1. The lowest BCUT2D eigenvalue weighted by atomic mass is 10.1. The second kappa shape index (κ2) is 9.27. The van der Waals surface area contributed by atoms with E-state index in [1.54, 1.807) is 31.2 Å². The Balaban J connectivity index is 1.89. The van der Waals surface area contributed by atoms with Gasteiger partial charge in [-0.3, -0.25) is 24.7 Å². The van der Waals surface area contributed by atoms with Crippen LogP contribution in [0.15, 0.2) is 36.5 Å². The van der Waals surface area contributed by atoms with Gasteiger partial charge in [-0.25, -0.2) is 0 Å². The molecule has 0 aliphatic rings. The van der Waals surface area contributed by atoms with Crippen molar-refractivity contribution in [2.24, 2.45) is 0 Å². The van der Waals surface area contributed by atoms with Crippen LogP contribution in [0.4, 0.5) is 5.69 Å². The standard InChI is InChI=1S/C18H19N3O6/c1-12-16(9-14(11-19-12)21(25)26)18(24)20-10-13-4-6-15(7-5-13)27-8-2-3-17(22)23/h4-7,9,11H,2-3,8,10H2,1H3,(H,20,24)(H,22,23). The van der Waals surface area contributed by atoms with E-state index < -0.39 is 16.8 Å². The van der Waals surface area contributed by atoms with Crippen molar-refractivity contribution in [1.82, 2.24) is 10.3 Å². The second-order valence-corrected chi connectivity index (χ2v) is 5.76. The maximum Gasteiger partial charge on any atom is 0.303 e. The number of hydrogen-bond donors (Lipinski definition) is 2. The Hall–Kier alpha value is -3.49. The number of carbonyl (C=O) groups is 2. The number of amides is 1. The van der Waals surface area contributed by atoms with Crippen LogP contribution in [0.3, 0.4) is 0 Å². The molecule has 1 aromatic heterocycles. The summed E-state index contributed by atoms with van der Waals surface area (Å²) in [5.74, 6) is -0.703. The van der Waals surface area contributed by atoms with Crippen LogP contribution in [-0.4, -0.2) is 33.5 Å². The van der Waals surface area contributed by atoms with Crippen molar-refractivity contribution in [3.8, 4) is 5.75 Å². The van der Waals surface area contributed by atoms with Gasteiger partial charge in [-0.2, -0.15) is 0 Å². The van der Waals surface area contributed by atoms with Gasteiger partial charge in [-0.1, -0.05) is 12.1 Å². The summed E-state index contributed by atoms with van der Waals surface area (Å²) in [4.78, 5) is 36.8. The van der Waals surface area contributed by atoms with Crippen LogP contribution in [-0.2, 0) is 11.3 Å². The molecule has 0 spiro atoms. The average molecular weight is 373 g/mol. The van der Waals surface area contributed by atoms with Gasteiger partial charge in [0.2, 0.25) is 0 Å². The van der Waals surface area contributed by atoms with E-state index in [-0.39, 0.29) is 24.2 Å². The number of nitro groups is 1. The summed E-state index contributed by atoms with van der Waals surface area (Å²) in [5, 5.41) is 22.1. The molecule has 0 fully saturated rings. The first kappa shape index (κ1) is 19.8. The fraction of sp³-hybridized carbons (Fsp3) is 0.278. The monoisotopic (exact) mass is 373 g/mol. The predicted octanol–water partition coefficient (Wildman–Crippen LogP) is 2.47. The van der Waals surface area contributed by atoms with E-state index in [0.29, 0.717) is 24.5 Å². The van der Waals surface area contributed by atoms with Crippen molar-refractivity contribution in [1.29, 1.82) is 0 Å². The number of aliphatic carboxylic acids is 1. The third-order valence-electron chi connectivity index (χ3n) is 3.71. The van der Waals surface area contributed by atoms with Crippen LogP contribution in [0.5, 0.6) is 5.75 Å². The normalized spacial score (nSPS) is 10.3. The molecule has 0 saturated carbocycles. The van der Waals surface area contributed by atoms with Crippen LogP contribution >= 0.6 is 0 Å². The van der Waals surface area contributed by atoms with Crippen molar-refractivity contribution in [3.63, 3.8) is 0 Å². The number of carboxylic acids is 1. The molecule has 0 aliphatic heterocycles. The Labute approximate surface area is 155 Å². The summed E-state index contributed by atoms with van der Waals surface area (Å²) in [5.41, 5.74) is 1.14. The number of nitrogens with zero attached hydrogens (tertiary/aromatic N) is 2. The maximum atomic E-state index is 12.3. The Morgan fingerprint density at radius 1 is 1.30 bits per heavy atom. The highest BCUT2D eigenvalue weighted by atomic mass is 16.6. The Kier molecular flexibility index (Phi) is 6.81. The molecule has 2 N–H and O–H groups in total. The third kappa shape index (κ3) is 6.07. The van der Waals surface area contributed by atoms with E-state index in [2.05, 4.69) is 10.3 Å². The summed E-state index contributed by atoms with van der Waals surface area (Å²) in [6.07, 6.45) is 1.58. The molecule has 1 aromatic carbocycles. The van der Waals surface area contributed by atoms with Crippen molar-refractivity contribution in [2.75, 3.05) is 6.61 Å². The smallest absolute Gasteiger partial charge is 0.303 e. The van der Waals surface area contributed by atoms with Gasteiger partial charge in [0.05, 0.1) is 22.8 Å². The number of carbonyl (C=O) groups excluding carboxylic acids is 1. The molecule has 27 heavy (non-hydrogen) atoms. The van der Waals surface area contributed by atoms with Crippen LogP contribution in [0.1, 0.15) is 34.5 Å². The van der Waals surface area contributed by atoms with E-state index in [1.165, 1.54) is 6.07 Å². The van der Waals surface area contributed by atoms with Gasteiger partial charge in [0.15, 0.2) is 0 Å². The van der Waals surface area contributed by atoms with Crippen LogP contribution in [0.2, 0.25) is 0 Å². The van der Waals surface area contributed by atoms with Crippen molar-refractivity contribution < 1.29 is 24.4 Å². The molecule has 142 valence electrons. The van der Waals surface area contributed by atoms with E-state index in [9.17, 15) is 19.7 Å². The molecule has 0 aliphatic carbocycles. The molecule has 0 saturated heterocycles. The zero-order valence-electron chi connectivity index (χ0n) is 14.7. The average Bonchev–Trinajstić information content (AvgIpc) is 2.64. The molecule has 2 aromatic rings. The van der Waals surface area contributed by atoms with Crippen molar-refractivity contribution in [2.45, 2.75) is 26.3 Å². The highest BCUT2D eigenvalue weighted by Crippen LogP contribution is 2.16. The van der Waals surface area contributed by atoms with E-state index in [1.807, 2.05) is 0 Å². The number of pyridine rings is 1.